The van der Waals surface area contributed by atoms with Gasteiger partial charge in [-0.1, -0.05) is 13.8 Å². The van der Waals surface area contributed by atoms with E-state index in [0.717, 1.165) is 23.2 Å². The lowest BCUT2D eigenvalue weighted by molar-refractivity contribution is 0.281. The Morgan fingerprint density at radius 2 is 1.94 bits per heavy atom. The average molecular weight is 219 g/mol. The summed E-state index contributed by atoms with van der Waals surface area (Å²) in [5, 5.41) is 3.54. The first-order valence-electron chi connectivity index (χ1n) is 6.11. The largest absolute Gasteiger partial charge is 0.396 e. The van der Waals surface area contributed by atoms with Crippen molar-refractivity contribution in [3.63, 3.8) is 0 Å². The molecule has 0 bridgehead atoms. The van der Waals surface area contributed by atoms with Gasteiger partial charge in [0, 0.05) is 12.2 Å². The van der Waals surface area contributed by atoms with Crippen LogP contribution >= 0.6 is 0 Å². The molecule has 1 saturated carbocycles. The summed E-state index contributed by atoms with van der Waals surface area (Å²) in [5.41, 5.74) is 7.65. The number of pyridine rings is 1. The Morgan fingerprint density at radius 1 is 1.25 bits per heavy atom. The van der Waals surface area contributed by atoms with Crippen molar-refractivity contribution in [3.05, 3.63) is 18.5 Å². The maximum Gasteiger partial charge on any atom is 0.0736 e. The van der Waals surface area contributed by atoms with Gasteiger partial charge in [-0.3, -0.25) is 4.98 Å². The molecule has 3 N–H and O–H groups in total. The number of nitrogens with one attached hydrogen (secondary N) is 1. The standard InChI is InChI=1S/C13H21N3/c1-9-5-10(2)7-11(6-9)16-13-3-4-15-8-12(13)14/h3-4,8-11H,5-7,14H2,1-2H3,(H,15,16). The average Bonchev–Trinajstić information content (AvgIpc) is 2.20. The van der Waals surface area contributed by atoms with Crippen molar-refractivity contribution >= 4 is 11.4 Å². The third kappa shape index (κ3) is 2.65. The maximum absolute atomic E-state index is 5.88. The van der Waals surface area contributed by atoms with Crippen LogP contribution in [0.3, 0.4) is 0 Å². The fourth-order valence-electron chi connectivity index (χ4n) is 2.82. The summed E-state index contributed by atoms with van der Waals surface area (Å²) in [6, 6.07) is 2.52. The van der Waals surface area contributed by atoms with Crippen LogP contribution in [-0.2, 0) is 0 Å². The predicted octanol–water partition coefficient (Wildman–Crippen LogP) is 2.90. The molecule has 0 amide bonds. The number of rotatable bonds is 2. The minimum atomic E-state index is 0.559. The Morgan fingerprint density at radius 3 is 2.56 bits per heavy atom. The summed E-state index contributed by atoms with van der Waals surface area (Å²) in [7, 11) is 0. The first-order valence-corrected chi connectivity index (χ1v) is 6.11. The van der Waals surface area contributed by atoms with Crippen LogP contribution in [0.5, 0.6) is 0 Å². The Labute approximate surface area is 97.5 Å². The number of hydrogen-bond acceptors (Lipinski definition) is 3. The molecule has 1 aliphatic rings. The zero-order valence-corrected chi connectivity index (χ0v) is 10.1. The molecule has 1 aromatic heterocycles. The molecule has 1 aliphatic carbocycles. The van der Waals surface area contributed by atoms with E-state index >= 15 is 0 Å². The minimum Gasteiger partial charge on any atom is -0.396 e. The van der Waals surface area contributed by atoms with Crippen molar-refractivity contribution in [2.45, 2.75) is 39.2 Å². The van der Waals surface area contributed by atoms with Crippen molar-refractivity contribution in [2.24, 2.45) is 11.8 Å². The predicted molar refractivity (Wildman–Crippen MR) is 68.2 cm³/mol. The maximum atomic E-state index is 5.88. The van der Waals surface area contributed by atoms with Crippen LogP contribution in [0.2, 0.25) is 0 Å². The molecule has 16 heavy (non-hydrogen) atoms. The van der Waals surface area contributed by atoms with Gasteiger partial charge in [-0.15, -0.1) is 0 Å². The normalized spacial score (nSPS) is 30.0. The summed E-state index contributed by atoms with van der Waals surface area (Å²) >= 11 is 0. The highest BCUT2D eigenvalue weighted by Gasteiger charge is 2.23. The molecular formula is C13H21N3. The van der Waals surface area contributed by atoms with Gasteiger partial charge in [-0.2, -0.15) is 0 Å². The van der Waals surface area contributed by atoms with Crippen LogP contribution in [0.15, 0.2) is 18.5 Å². The quantitative estimate of drug-likeness (QED) is 0.804. The third-order valence-electron chi connectivity index (χ3n) is 3.39. The van der Waals surface area contributed by atoms with Crippen molar-refractivity contribution in [1.82, 2.24) is 4.98 Å². The third-order valence-corrected chi connectivity index (χ3v) is 3.39. The van der Waals surface area contributed by atoms with Gasteiger partial charge in [-0.05, 0) is 37.2 Å². The Balaban J connectivity index is 2.02. The van der Waals surface area contributed by atoms with Gasteiger partial charge in [0.25, 0.3) is 0 Å². The lowest BCUT2D eigenvalue weighted by atomic mass is 9.80. The Hall–Kier alpha value is -1.25. The topological polar surface area (TPSA) is 50.9 Å². The molecular weight excluding hydrogens is 198 g/mol. The van der Waals surface area contributed by atoms with Crippen LogP contribution < -0.4 is 11.1 Å². The fourth-order valence-corrected chi connectivity index (χ4v) is 2.82. The van der Waals surface area contributed by atoms with E-state index in [9.17, 15) is 0 Å². The smallest absolute Gasteiger partial charge is 0.0736 e. The molecule has 88 valence electrons. The summed E-state index contributed by atoms with van der Waals surface area (Å²) in [6.07, 6.45) is 7.33. The number of aromatic nitrogens is 1. The number of hydrogen-bond donors (Lipinski definition) is 2. The van der Waals surface area contributed by atoms with Crippen molar-refractivity contribution in [1.29, 1.82) is 0 Å². The molecule has 3 nitrogen and oxygen atoms in total. The van der Waals surface area contributed by atoms with E-state index in [4.69, 9.17) is 5.73 Å². The molecule has 1 heterocycles. The molecule has 2 unspecified atom stereocenters. The van der Waals surface area contributed by atoms with Gasteiger partial charge in [-0.25, -0.2) is 0 Å². The molecule has 0 radical (unpaired) electrons. The highest BCUT2D eigenvalue weighted by atomic mass is 14.9. The van der Waals surface area contributed by atoms with Crippen LogP contribution in [0, 0.1) is 11.8 Å². The highest BCUT2D eigenvalue weighted by molar-refractivity contribution is 5.64. The van der Waals surface area contributed by atoms with E-state index in [1.54, 1.807) is 12.4 Å². The number of anilines is 2. The van der Waals surface area contributed by atoms with Gasteiger partial charge < -0.3 is 11.1 Å². The lowest BCUT2D eigenvalue weighted by Gasteiger charge is -2.32. The Kier molecular flexibility index (Phi) is 3.32. The van der Waals surface area contributed by atoms with E-state index < -0.39 is 0 Å². The first kappa shape index (κ1) is 11.2. The van der Waals surface area contributed by atoms with Crippen LogP contribution in [-0.4, -0.2) is 11.0 Å². The molecule has 0 saturated heterocycles. The SMILES string of the molecule is CC1CC(C)CC(Nc2ccncc2N)C1. The second-order valence-electron chi connectivity index (χ2n) is 5.22. The van der Waals surface area contributed by atoms with Gasteiger partial charge in [0.1, 0.15) is 0 Å². The summed E-state index contributed by atoms with van der Waals surface area (Å²) < 4.78 is 0. The summed E-state index contributed by atoms with van der Waals surface area (Å²) in [5.74, 6) is 1.62. The highest BCUT2D eigenvalue weighted by Crippen LogP contribution is 2.31. The molecule has 0 aromatic carbocycles. The van der Waals surface area contributed by atoms with Crippen molar-refractivity contribution < 1.29 is 0 Å². The van der Waals surface area contributed by atoms with Crippen molar-refractivity contribution in [2.75, 3.05) is 11.1 Å². The number of nitrogens with two attached hydrogens (primary N) is 1. The van der Waals surface area contributed by atoms with E-state index in [1.807, 2.05) is 6.07 Å². The van der Waals surface area contributed by atoms with Gasteiger partial charge in [0.2, 0.25) is 0 Å². The summed E-state index contributed by atoms with van der Waals surface area (Å²) in [6.45, 7) is 4.67. The molecule has 2 atom stereocenters. The second kappa shape index (κ2) is 4.73. The van der Waals surface area contributed by atoms with E-state index in [-0.39, 0.29) is 0 Å². The molecule has 1 aromatic rings. The first-order chi connectivity index (χ1) is 7.65. The molecule has 2 rings (SSSR count). The second-order valence-corrected chi connectivity index (χ2v) is 5.22. The molecule has 1 fully saturated rings. The number of nitrogens with zero attached hydrogens (tertiary/aromatic N) is 1. The van der Waals surface area contributed by atoms with Crippen LogP contribution in [0.1, 0.15) is 33.1 Å². The van der Waals surface area contributed by atoms with Gasteiger partial charge in [0.05, 0.1) is 17.6 Å². The van der Waals surface area contributed by atoms with E-state index in [2.05, 4.69) is 24.1 Å². The van der Waals surface area contributed by atoms with Gasteiger partial charge >= 0.3 is 0 Å². The number of nitrogen functional groups attached to an aromatic ring is 1. The molecule has 0 spiro atoms. The fraction of sp³-hybridized carbons (Fsp3) is 0.615. The zero-order valence-electron chi connectivity index (χ0n) is 10.1. The monoisotopic (exact) mass is 219 g/mol. The van der Waals surface area contributed by atoms with Crippen molar-refractivity contribution in [3.8, 4) is 0 Å². The van der Waals surface area contributed by atoms with E-state index in [1.165, 1.54) is 19.3 Å². The molecule has 3 heteroatoms. The minimum absolute atomic E-state index is 0.559. The van der Waals surface area contributed by atoms with Crippen LogP contribution in [0.25, 0.3) is 0 Å². The van der Waals surface area contributed by atoms with Crippen LogP contribution in [0.4, 0.5) is 11.4 Å². The zero-order chi connectivity index (χ0) is 11.5. The lowest BCUT2D eigenvalue weighted by Crippen LogP contribution is -2.30. The van der Waals surface area contributed by atoms with E-state index in [0.29, 0.717) is 6.04 Å². The molecule has 0 aliphatic heterocycles. The van der Waals surface area contributed by atoms with Gasteiger partial charge in [0.15, 0.2) is 0 Å². The Bertz CT molecular complexity index is 341. The summed E-state index contributed by atoms with van der Waals surface area (Å²) in [4.78, 5) is 4.00.